The van der Waals surface area contributed by atoms with Crippen molar-refractivity contribution in [2.45, 2.75) is 24.8 Å². The molecule has 23 heavy (non-hydrogen) atoms. The number of carboxylic acids is 1. The maximum Gasteiger partial charge on any atom is 0.303 e. The van der Waals surface area contributed by atoms with Crippen LogP contribution in [0.4, 0.5) is 0 Å². The van der Waals surface area contributed by atoms with E-state index in [1.807, 2.05) is 0 Å². The highest BCUT2D eigenvalue weighted by Gasteiger charge is 2.31. The second-order valence-corrected chi connectivity index (χ2v) is 5.76. The summed E-state index contributed by atoms with van der Waals surface area (Å²) in [4.78, 5) is 14.7. The molecule has 0 amide bonds. The van der Waals surface area contributed by atoms with E-state index in [2.05, 4.69) is 10.1 Å². The van der Waals surface area contributed by atoms with Gasteiger partial charge in [-0.25, -0.2) is 4.98 Å². The predicted molar refractivity (Wildman–Crippen MR) is 80.3 cm³/mol. The van der Waals surface area contributed by atoms with Gasteiger partial charge in [-0.1, -0.05) is 16.8 Å². The molecule has 3 rings (SSSR count). The Morgan fingerprint density at radius 2 is 2.30 bits per heavy atom. The molecule has 1 unspecified atom stereocenters. The molecule has 7 nitrogen and oxygen atoms in total. The van der Waals surface area contributed by atoms with Crippen LogP contribution in [0.1, 0.15) is 24.9 Å². The van der Waals surface area contributed by atoms with Gasteiger partial charge in [0.25, 0.3) is 11.0 Å². The highest BCUT2D eigenvalue weighted by Crippen LogP contribution is 2.33. The molecule has 0 aliphatic heterocycles. The first kappa shape index (κ1) is 15.4. The van der Waals surface area contributed by atoms with E-state index in [1.165, 1.54) is 12.5 Å². The number of nitrogens with zero attached hydrogens (tertiary/aromatic N) is 2. The van der Waals surface area contributed by atoms with Gasteiger partial charge in [0.05, 0.1) is 18.3 Å². The molecule has 2 heterocycles. The number of benzene rings is 1. The number of halogens is 1. The lowest BCUT2D eigenvalue weighted by Crippen LogP contribution is -2.22. The molecular formula is C15H13ClN2O5. The molecule has 1 N–H and O–H groups in total. The van der Waals surface area contributed by atoms with Crippen LogP contribution in [0.3, 0.4) is 0 Å². The number of aromatic nitrogens is 2. The first-order chi connectivity index (χ1) is 11.0. The average molecular weight is 337 g/mol. The summed E-state index contributed by atoms with van der Waals surface area (Å²) in [5, 5.41) is 12.1. The van der Waals surface area contributed by atoms with Crippen molar-refractivity contribution in [2.24, 2.45) is 0 Å². The van der Waals surface area contributed by atoms with Crippen molar-refractivity contribution in [3.63, 3.8) is 0 Å². The summed E-state index contributed by atoms with van der Waals surface area (Å²) in [7, 11) is 0. The fraction of sp³-hybridized carbons (Fsp3) is 0.267. The molecule has 1 aromatic carbocycles. The van der Waals surface area contributed by atoms with Gasteiger partial charge in [0.15, 0.2) is 5.58 Å². The monoisotopic (exact) mass is 336 g/mol. The van der Waals surface area contributed by atoms with E-state index in [1.54, 1.807) is 25.1 Å². The zero-order valence-corrected chi connectivity index (χ0v) is 12.9. The van der Waals surface area contributed by atoms with Crippen molar-refractivity contribution in [2.75, 3.05) is 0 Å². The molecule has 3 aromatic rings. The van der Waals surface area contributed by atoms with Crippen molar-refractivity contribution >= 4 is 28.5 Å². The number of aliphatic carboxylic acids is 1. The zero-order chi connectivity index (χ0) is 16.4. The third kappa shape index (κ3) is 3.29. The Balaban J connectivity index is 1.87. The number of carboxylic acid groups (broad SMARTS) is 1. The highest BCUT2D eigenvalue weighted by molar-refractivity contribution is 6.22. The summed E-state index contributed by atoms with van der Waals surface area (Å²) in [5.74, 6) is -0.200. The minimum atomic E-state index is -1.27. The topological polar surface area (TPSA) is 98.6 Å². The Kier molecular flexibility index (Phi) is 3.96. The number of oxazole rings is 1. The van der Waals surface area contributed by atoms with Crippen LogP contribution in [-0.2, 0) is 16.3 Å². The Hall–Kier alpha value is -2.54. The Morgan fingerprint density at radius 3 is 3.00 bits per heavy atom. The lowest BCUT2D eigenvalue weighted by Gasteiger charge is -2.20. The standard InChI is InChI=1S/C15H13ClN2O5/c1-15(16,14-17-6-7-21-14)22-9-2-4-12-10(8-9)11(18-23-12)3-5-13(19)20/h2,4,6-8H,3,5H2,1H3,(H,19,20). The molecule has 1 atom stereocenters. The Labute approximate surface area is 135 Å². The third-order valence-electron chi connectivity index (χ3n) is 3.22. The first-order valence-corrected chi connectivity index (χ1v) is 7.21. The normalized spacial score (nSPS) is 13.8. The molecular weight excluding hydrogens is 324 g/mol. The Bertz CT molecular complexity index is 826. The van der Waals surface area contributed by atoms with E-state index in [9.17, 15) is 4.79 Å². The maximum atomic E-state index is 10.7. The summed E-state index contributed by atoms with van der Waals surface area (Å²) in [5.41, 5.74) is 1.10. The smallest absolute Gasteiger partial charge is 0.303 e. The van der Waals surface area contributed by atoms with Crippen LogP contribution in [0.25, 0.3) is 11.0 Å². The van der Waals surface area contributed by atoms with Gasteiger partial charge in [0.2, 0.25) is 0 Å². The first-order valence-electron chi connectivity index (χ1n) is 6.84. The molecule has 0 saturated heterocycles. The summed E-state index contributed by atoms with van der Waals surface area (Å²) in [6, 6.07) is 5.06. The van der Waals surface area contributed by atoms with Gasteiger partial charge in [-0.3, -0.25) is 4.79 Å². The van der Waals surface area contributed by atoms with Gasteiger partial charge in [0.1, 0.15) is 12.0 Å². The second kappa shape index (κ2) is 5.92. The highest BCUT2D eigenvalue weighted by atomic mass is 35.5. The second-order valence-electron chi connectivity index (χ2n) is 5.04. The average Bonchev–Trinajstić information content (AvgIpc) is 3.14. The van der Waals surface area contributed by atoms with Gasteiger partial charge in [0, 0.05) is 11.8 Å². The van der Waals surface area contributed by atoms with Crippen molar-refractivity contribution in [1.82, 2.24) is 10.1 Å². The van der Waals surface area contributed by atoms with Crippen molar-refractivity contribution < 1.29 is 23.6 Å². The molecule has 0 fully saturated rings. The van der Waals surface area contributed by atoms with Crippen molar-refractivity contribution in [1.29, 1.82) is 0 Å². The van der Waals surface area contributed by atoms with Crippen LogP contribution in [0.5, 0.6) is 5.75 Å². The number of fused-ring (bicyclic) bond motifs is 1. The summed E-state index contributed by atoms with van der Waals surface area (Å²) >= 11 is 6.31. The molecule has 8 heteroatoms. The molecule has 0 bridgehead atoms. The largest absolute Gasteiger partial charge is 0.481 e. The van der Waals surface area contributed by atoms with E-state index in [-0.39, 0.29) is 18.7 Å². The van der Waals surface area contributed by atoms with Gasteiger partial charge >= 0.3 is 5.97 Å². The minimum absolute atomic E-state index is 0.0315. The fourth-order valence-electron chi connectivity index (χ4n) is 2.15. The third-order valence-corrected chi connectivity index (χ3v) is 3.45. The molecule has 0 aliphatic rings. The number of aryl methyl sites for hydroxylation is 1. The number of hydrogen-bond acceptors (Lipinski definition) is 6. The summed E-state index contributed by atoms with van der Waals surface area (Å²) in [6.45, 7) is 1.61. The van der Waals surface area contributed by atoms with Crippen LogP contribution < -0.4 is 4.74 Å². The van der Waals surface area contributed by atoms with E-state index in [4.69, 9.17) is 30.4 Å². The van der Waals surface area contributed by atoms with Gasteiger partial charge in [-0.15, -0.1) is 0 Å². The predicted octanol–water partition coefficient (Wildman–Crippen LogP) is 3.32. The molecule has 0 radical (unpaired) electrons. The molecule has 2 aromatic heterocycles. The number of alkyl halides is 1. The molecule has 0 saturated carbocycles. The van der Waals surface area contributed by atoms with E-state index in [0.717, 1.165) is 0 Å². The SMILES string of the molecule is CC(Cl)(Oc1ccc2onc(CCC(=O)O)c2c1)c1ncco1. The number of ether oxygens (including phenoxy) is 1. The summed E-state index contributed by atoms with van der Waals surface area (Å²) < 4.78 is 16.1. The van der Waals surface area contributed by atoms with Crippen LogP contribution in [-0.4, -0.2) is 21.2 Å². The fourth-order valence-corrected chi connectivity index (χ4v) is 2.33. The maximum absolute atomic E-state index is 10.7. The van der Waals surface area contributed by atoms with Gasteiger partial charge in [-0.05, 0) is 25.1 Å². The van der Waals surface area contributed by atoms with Crippen LogP contribution in [0, 0.1) is 0 Å². The number of rotatable bonds is 6. The lowest BCUT2D eigenvalue weighted by molar-refractivity contribution is -0.136. The Morgan fingerprint density at radius 1 is 1.48 bits per heavy atom. The molecule has 0 aliphatic carbocycles. The minimum Gasteiger partial charge on any atom is -0.481 e. The van der Waals surface area contributed by atoms with Crippen molar-refractivity contribution in [3.05, 3.63) is 42.2 Å². The lowest BCUT2D eigenvalue weighted by atomic mass is 10.1. The summed E-state index contributed by atoms with van der Waals surface area (Å²) in [6.07, 6.45) is 3.12. The van der Waals surface area contributed by atoms with Gasteiger partial charge < -0.3 is 18.8 Å². The van der Waals surface area contributed by atoms with Gasteiger partial charge in [-0.2, -0.15) is 0 Å². The van der Waals surface area contributed by atoms with E-state index in [0.29, 0.717) is 22.4 Å². The van der Waals surface area contributed by atoms with Crippen LogP contribution in [0.2, 0.25) is 0 Å². The zero-order valence-electron chi connectivity index (χ0n) is 12.2. The van der Waals surface area contributed by atoms with Crippen LogP contribution >= 0.6 is 11.6 Å². The number of hydrogen-bond donors (Lipinski definition) is 1. The van der Waals surface area contributed by atoms with E-state index < -0.39 is 11.0 Å². The van der Waals surface area contributed by atoms with E-state index >= 15 is 0 Å². The van der Waals surface area contributed by atoms with Crippen LogP contribution in [0.15, 0.2) is 39.6 Å². The number of carbonyl (C=O) groups is 1. The van der Waals surface area contributed by atoms with Crippen molar-refractivity contribution in [3.8, 4) is 5.75 Å². The molecule has 120 valence electrons. The molecule has 0 spiro atoms. The quantitative estimate of drug-likeness (QED) is 0.689.